The molecular weight excluding hydrogens is 672 g/mol. The fraction of sp³-hybridized carbons (Fsp3) is 0.333. The van der Waals surface area contributed by atoms with Crippen LogP contribution in [0.5, 0.6) is 5.75 Å². The number of hydrogen-bond donors (Lipinski definition) is 3. The van der Waals surface area contributed by atoms with Crippen molar-refractivity contribution in [3.8, 4) is 5.75 Å². The molecule has 0 amide bonds. The van der Waals surface area contributed by atoms with Crippen molar-refractivity contribution in [1.82, 2.24) is 0 Å². The normalized spacial score (nSPS) is 12.5. The standard InChI is InChI=1S/C9H12Cl2N2O.2HI.Pt/c1-4(12)9(13)8-6(10)2-5(14)3-7(8)11;;;/h2-4,9,14H,12-13H2,1H3;2*1H;/q;;;+2/p-2. The van der Waals surface area contributed by atoms with E-state index in [0.29, 0.717) is 15.6 Å². The Kier molecular flexibility index (Phi) is 14.6. The van der Waals surface area contributed by atoms with Crippen LogP contribution in [0.25, 0.3) is 0 Å². The van der Waals surface area contributed by atoms with E-state index in [1.807, 2.05) is 0 Å². The number of hydrogen-bond acceptors (Lipinski definition) is 3. The fourth-order valence-corrected chi connectivity index (χ4v) is 1.88. The van der Waals surface area contributed by atoms with E-state index >= 15 is 0 Å². The Morgan fingerprint density at radius 3 is 1.76 bits per heavy atom. The summed E-state index contributed by atoms with van der Waals surface area (Å²) in [6.07, 6.45) is 0. The van der Waals surface area contributed by atoms with Gasteiger partial charge in [0.25, 0.3) is 0 Å². The minimum Gasteiger partial charge on any atom is -1.00 e. The van der Waals surface area contributed by atoms with Gasteiger partial charge in [0.2, 0.25) is 0 Å². The maximum atomic E-state index is 9.20. The fourth-order valence-electron chi connectivity index (χ4n) is 1.15. The van der Waals surface area contributed by atoms with Crippen molar-refractivity contribution in [2.75, 3.05) is 0 Å². The molecule has 0 aromatic heterocycles. The zero-order chi connectivity index (χ0) is 10.9. The van der Waals surface area contributed by atoms with Crippen LogP contribution < -0.4 is 59.4 Å². The number of phenolic OH excluding ortho intramolecular Hbond substituents is 1. The van der Waals surface area contributed by atoms with E-state index in [1.165, 1.54) is 12.1 Å². The van der Waals surface area contributed by atoms with Gasteiger partial charge in [-0.1, -0.05) is 23.2 Å². The second-order valence-electron chi connectivity index (χ2n) is 3.21. The topological polar surface area (TPSA) is 72.3 Å². The number of phenols is 1. The molecule has 2 atom stereocenters. The minimum absolute atomic E-state index is 0. The van der Waals surface area contributed by atoms with Crippen LogP contribution in [0.15, 0.2) is 12.1 Å². The van der Waals surface area contributed by atoms with Gasteiger partial charge in [-0.2, -0.15) is 0 Å². The molecule has 0 heterocycles. The van der Waals surface area contributed by atoms with E-state index < -0.39 is 6.04 Å². The molecule has 0 radical (unpaired) electrons. The molecule has 0 saturated carbocycles. The average Bonchev–Trinajstić information content (AvgIpc) is 2.01. The van der Waals surface area contributed by atoms with E-state index in [1.54, 1.807) is 6.92 Å². The largest absolute Gasteiger partial charge is 2.00 e. The predicted molar refractivity (Wildman–Crippen MR) is 58.7 cm³/mol. The summed E-state index contributed by atoms with van der Waals surface area (Å²) in [6, 6.07) is 2.10. The van der Waals surface area contributed by atoms with Crippen LogP contribution in [0.4, 0.5) is 0 Å². The Morgan fingerprint density at radius 2 is 1.47 bits per heavy atom. The summed E-state index contributed by atoms with van der Waals surface area (Å²) in [7, 11) is 0. The molecule has 0 aliphatic carbocycles. The molecule has 0 aliphatic heterocycles. The first-order valence-electron chi connectivity index (χ1n) is 4.12. The van der Waals surface area contributed by atoms with Crippen molar-refractivity contribution in [2.45, 2.75) is 19.0 Å². The molecule has 1 rings (SSSR count). The van der Waals surface area contributed by atoms with Crippen LogP contribution >= 0.6 is 23.2 Å². The quantitative estimate of drug-likeness (QED) is 0.279. The molecule has 3 nitrogen and oxygen atoms in total. The summed E-state index contributed by atoms with van der Waals surface area (Å²) in [6.45, 7) is 1.77. The molecule has 1 aromatic rings. The van der Waals surface area contributed by atoms with Gasteiger partial charge in [-0.15, -0.1) is 0 Å². The summed E-state index contributed by atoms with van der Waals surface area (Å²) in [5.41, 5.74) is 12.0. The van der Waals surface area contributed by atoms with Crippen LogP contribution in [0, 0.1) is 0 Å². The molecule has 5 N–H and O–H groups in total. The Bertz CT molecular complexity index is 333. The Morgan fingerprint density at radius 1 is 1.12 bits per heavy atom. The number of rotatable bonds is 2. The predicted octanol–water partition coefficient (Wildman–Crippen LogP) is -3.95. The zero-order valence-corrected chi connectivity index (χ0v) is 16.8. The van der Waals surface area contributed by atoms with Gasteiger partial charge < -0.3 is 64.5 Å². The van der Waals surface area contributed by atoms with Crippen molar-refractivity contribution >= 4 is 23.2 Å². The van der Waals surface area contributed by atoms with Crippen LogP contribution in [0.3, 0.4) is 0 Å². The molecule has 8 heteroatoms. The molecule has 102 valence electrons. The Balaban J connectivity index is -0.000000653. The summed E-state index contributed by atoms with van der Waals surface area (Å²) in [5, 5.41) is 9.86. The molecule has 0 aliphatic rings. The number of halogens is 4. The Labute approximate surface area is 159 Å². The monoisotopic (exact) mass is 683 g/mol. The Hall–Kier alpha value is 1.67. The maximum Gasteiger partial charge on any atom is 2.00 e. The van der Waals surface area contributed by atoms with Gasteiger partial charge in [0, 0.05) is 17.6 Å². The third-order valence-electron chi connectivity index (χ3n) is 1.96. The maximum absolute atomic E-state index is 9.20. The third-order valence-corrected chi connectivity index (χ3v) is 2.59. The first-order chi connectivity index (χ1) is 6.43. The van der Waals surface area contributed by atoms with E-state index in [2.05, 4.69) is 0 Å². The minimum atomic E-state index is -0.435. The zero-order valence-electron chi connectivity index (χ0n) is 8.74. The average molecular weight is 684 g/mol. The molecular formula is C9H12Cl2I2N2OPt. The van der Waals surface area contributed by atoms with E-state index in [-0.39, 0.29) is 80.8 Å². The van der Waals surface area contributed by atoms with Crippen LogP contribution in [0.1, 0.15) is 18.5 Å². The smallest absolute Gasteiger partial charge is 1.00 e. The van der Waals surface area contributed by atoms with Crippen molar-refractivity contribution in [3.63, 3.8) is 0 Å². The van der Waals surface area contributed by atoms with Gasteiger partial charge in [-0.3, -0.25) is 0 Å². The molecule has 0 saturated heterocycles. The summed E-state index contributed by atoms with van der Waals surface area (Å²) in [4.78, 5) is 0. The van der Waals surface area contributed by atoms with E-state index in [0.717, 1.165) is 0 Å². The number of nitrogens with two attached hydrogens (primary N) is 2. The van der Waals surface area contributed by atoms with Crippen molar-refractivity contribution in [2.24, 2.45) is 11.5 Å². The van der Waals surface area contributed by atoms with Crippen LogP contribution in [0.2, 0.25) is 10.0 Å². The molecule has 2 unspecified atom stereocenters. The van der Waals surface area contributed by atoms with Gasteiger partial charge in [0.1, 0.15) is 5.75 Å². The summed E-state index contributed by atoms with van der Waals surface area (Å²) < 4.78 is 0. The molecule has 1 aromatic carbocycles. The third kappa shape index (κ3) is 6.58. The van der Waals surface area contributed by atoms with Gasteiger partial charge in [0.05, 0.1) is 10.0 Å². The van der Waals surface area contributed by atoms with E-state index in [9.17, 15) is 5.11 Å². The summed E-state index contributed by atoms with van der Waals surface area (Å²) >= 11 is 11.8. The number of benzene rings is 1. The van der Waals surface area contributed by atoms with Crippen LogP contribution in [-0.2, 0) is 21.1 Å². The van der Waals surface area contributed by atoms with Crippen LogP contribution in [-0.4, -0.2) is 11.1 Å². The molecule has 0 fully saturated rings. The van der Waals surface area contributed by atoms with Gasteiger partial charge in [-0.25, -0.2) is 0 Å². The first kappa shape index (κ1) is 23.7. The second-order valence-corrected chi connectivity index (χ2v) is 4.02. The van der Waals surface area contributed by atoms with E-state index in [4.69, 9.17) is 34.7 Å². The van der Waals surface area contributed by atoms with Gasteiger partial charge in [0.15, 0.2) is 0 Å². The summed E-state index contributed by atoms with van der Waals surface area (Å²) in [5.74, 6) is 0.0145. The SMILES string of the molecule is CC(N)C(N)c1c(Cl)cc(O)cc1Cl.[I-].[I-].[Pt+2]. The molecule has 0 spiro atoms. The van der Waals surface area contributed by atoms with Crippen molar-refractivity contribution in [3.05, 3.63) is 27.7 Å². The van der Waals surface area contributed by atoms with Gasteiger partial charge >= 0.3 is 21.1 Å². The first-order valence-corrected chi connectivity index (χ1v) is 4.88. The van der Waals surface area contributed by atoms with Crippen molar-refractivity contribution in [1.29, 1.82) is 0 Å². The molecule has 0 bridgehead atoms. The number of aromatic hydroxyl groups is 1. The second kappa shape index (κ2) is 10.5. The molecule has 17 heavy (non-hydrogen) atoms. The van der Waals surface area contributed by atoms with Crippen molar-refractivity contribution < 1.29 is 74.1 Å². The van der Waals surface area contributed by atoms with Gasteiger partial charge in [-0.05, 0) is 19.1 Å².